The molecule has 4 nitrogen and oxygen atoms in total. The second-order valence-electron chi connectivity index (χ2n) is 2.43. The monoisotopic (exact) mass is 168 g/mol. The van der Waals surface area contributed by atoms with Crippen molar-refractivity contribution in [3.8, 4) is 0 Å². The molecular formula is C8H12N2O2. The standard InChI is InChI=1S/C8H12N2O2/c1-2-3-10-8(11)7-6-12-5-4-9-7/h4-5H,2-3,6H2,1H3,(H,10,11). The molecule has 0 radical (unpaired) electrons. The summed E-state index contributed by atoms with van der Waals surface area (Å²) >= 11 is 0. The van der Waals surface area contributed by atoms with Gasteiger partial charge in [0.1, 0.15) is 18.6 Å². The number of rotatable bonds is 3. The van der Waals surface area contributed by atoms with Crippen molar-refractivity contribution < 1.29 is 9.53 Å². The Hall–Kier alpha value is -1.32. The molecule has 0 saturated carbocycles. The average molecular weight is 168 g/mol. The fourth-order valence-electron chi connectivity index (χ4n) is 0.792. The van der Waals surface area contributed by atoms with Crippen LogP contribution in [0.15, 0.2) is 17.5 Å². The minimum Gasteiger partial charge on any atom is -0.493 e. The van der Waals surface area contributed by atoms with Gasteiger partial charge in [0.25, 0.3) is 5.91 Å². The zero-order chi connectivity index (χ0) is 8.81. The van der Waals surface area contributed by atoms with Crippen LogP contribution in [0, 0.1) is 0 Å². The van der Waals surface area contributed by atoms with E-state index in [0.717, 1.165) is 6.42 Å². The second kappa shape index (κ2) is 4.54. The van der Waals surface area contributed by atoms with E-state index in [-0.39, 0.29) is 12.5 Å². The zero-order valence-electron chi connectivity index (χ0n) is 7.04. The van der Waals surface area contributed by atoms with Crippen molar-refractivity contribution in [1.82, 2.24) is 5.32 Å². The Bertz CT molecular complexity index is 221. The third-order valence-electron chi connectivity index (χ3n) is 1.41. The van der Waals surface area contributed by atoms with E-state index in [4.69, 9.17) is 4.74 Å². The molecule has 0 aromatic carbocycles. The average Bonchev–Trinajstić information content (AvgIpc) is 2.15. The smallest absolute Gasteiger partial charge is 0.269 e. The number of nitrogens with one attached hydrogen (secondary N) is 1. The van der Waals surface area contributed by atoms with Crippen LogP contribution in [-0.4, -0.2) is 24.8 Å². The number of hydrogen-bond acceptors (Lipinski definition) is 3. The molecule has 1 aliphatic heterocycles. The molecule has 4 heteroatoms. The van der Waals surface area contributed by atoms with Crippen LogP contribution in [0.4, 0.5) is 0 Å². The highest BCUT2D eigenvalue weighted by molar-refractivity contribution is 6.39. The lowest BCUT2D eigenvalue weighted by Crippen LogP contribution is -2.34. The van der Waals surface area contributed by atoms with E-state index in [2.05, 4.69) is 10.3 Å². The van der Waals surface area contributed by atoms with Gasteiger partial charge in [-0.1, -0.05) is 6.92 Å². The molecule has 0 spiro atoms. The van der Waals surface area contributed by atoms with Crippen LogP contribution in [0.5, 0.6) is 0 Å². The van der Waals surface area contributed by atoms with Crippen LogP contribution in [0.25, 0.3) is 0 Å². The summed E-state index contributed by atoms with van der Waals surface area (Å²) in [5.41, 5.74) is 0.436. The van der Waals surface area contributed by atoms with E-state index in [1.165, 1.54) is 12.5 Å². The Morgan fingerprint density at radius 3 is 3.25 bits per heavy atom. The van der Waals surface area contributed by atoms with Gasteiger partial charge in [0.2, 0.25) is 0 Å². The summed E-state index contributed by atoms with van der Waals surface area (Å²) in [5, 5.41) is 2.72. The second-order valence-corrected chi connectivity index (χ2v) is 2.43. The van der Waals surface area contributed by atoms with E-state index in [0.29, 0.717) is 12.3 Å². The number of carbonyl (C=O) groups is 1. The first-order valence-electron chi connectivity index (χ1n) is 3.96. The van der Waals surface area contributed by atoms with Gasteiger partial charge in [0.05, 0.1) is 6.20 Å². The highest BCUT2D eigenvalue weighted by Gasteiger charge is 2.11. The Morgan fingerprint density at radius 2 is 2.67 bits per heavy atom. The van der Waals surface area contributed by atoms with E-state index in [1.54, 1.807) is 0 Å². The molecule has 0 fully saturated rings. The number of nitrogens with zero attached hydrogens (tertiary/aromatic N) is 1. The van der Waals surface area contributed by atoms with Crippen LogP contribution in [-0.2, 0) is 9.53 Å². The Labute approximate surface area is 71.3 Å². The van der Waals surface area contributed by atoms with Crippen molar-refractivity contribution in [3.05, 3.63) is 12.5 Å². The highest BCUT2D eigenvalue weighted by atomic mass is 16.5. The fourth-order valence-corrected chi connectivity index (χ4v) is 0.792. The largest absolute Gasteiger partial charge is 0.493 e. The lowest BCUT2D eigenvalue weighted by Gasteiger charge is -2.08. The van der Waals surface area contributed by atoms with Gasteiger partial charge >= 0.3 is 0 Å². The zero-order valence-corrected chi connectivity index (χ0v) is 7.04. The molecule has 0 unspecified atom stereocenters. The summed E-state index contributed by atoms with van der Waals surface area (Å²) in [7, 11) is 0. The van der Waals surface area contributed by atoms with E-state index in [9.17, 15) is 4.79 Å². The third kappa shape index (κ3) is 2.38. The number of amides is 1. The van der Waals surface area contributed by atoms with Crippen LogP contribution in [0.3, 0.4) is 0 Å². The van der Waals surface area contributed by atoms with Gasteiger partial charge in [0.15, 0.2) is 0 Å². The van der Waals surface area contributed by atoms with E-state index in [1.807, 2.05) is 6.92 Å². The van der Waals surface area contributed by atoms with Crippen molar-refractivity contribution in [2.75, 3.05) is 13.2 Å². The Balaban J connectivity index is 2.40. The molecule has 0 saturated heterocycles. The summed E-state index contributed by atoms with van der Waals surface area (Å²) < 4.78 is 4.91. The molecule has 12 heavy (non-hydrogen) atoms. The predicted octanol–water partition coefficient (Wildman–Crippen LogP) is 0.455. The number of aliphatic imine (C=N–C) groups is 1. The first-order valence-corrected chi connectivity index (χ1v) is 3.96. The highest BCUT2D eigenvalue weighted by Crippen LogP contribution is 1.93. The minimum atomic E-state index is -0.138. The molecule has 1 aliphatic rings. The molecule has 66 valence electrons. The maximum atomic E-state index is 11.2. The Morgan fingerprint density at radius 1 is 1.83 bits per heavy atom. The van der Waals surface area contributed by atoms with E-state index >= 15 is 0 Å². The lowest BCUT2D eigenvalue weighted by molar-refractivity contribution is -0.115. The van der Waals surface area contributed by atoms with Crippen molar-refractivity contribution in [3.63, 3.8) is 0 Å². The molecule has 0 bridgehead atoms. The van der Waals surface area contributed by atoms with Gasteiger partial charge in [-0.05, 0) is 6.42 Å². The molecule has 1 amide bonds. The maximum absolute atomic E-state index is 11.2. The van der Waals surface area contributed by atoms with Crippen LogP contribution in [0.2, 0.25) is 0 Å². The molecule has 1 heterocycles. The molecule has 0 aromatic rings. The molecule has 0 aromatic heterocycles. The Kier molecular flexibility index (Phi) is 3.32. The first-order chi connectivity index (χ1) is 5.84. The summed E-state index contributed by atoms with van der Waals surface area (Å²) in [6.45, 7) is 2.95. The quantitative estimate of drug-likeness (QED) is 0.665. The molecule has 0 aliphatic carbocycles. The number of carbonyl (C=O) groups excluding carboxylic acids is 1. The van der Waals surface area contributed by atoms with Crippen LogP contribution >= 0.6 is 0 Å². The van der Waals surface area contributed by atoms with E-state index < -0.39 is 0 Å². The normalized spacial score (nSPS) is 14.9. The molecule has 1 N–H and O–H groups in total. The summed E-state index contributed by atoms with van der Waals surface area (Å²) in [5.74, 6) is -0.138. The van der Waals surface area contributed by atoms with Crippen molar-refractivity contribution in [1.29, 1.82) is 0 Å². The topological polar surface area (TPSA) is 50.7 Å². The third-order valence-corrected chi connectivity index (χ3v) is 1.41. The maximum Gasteiger partial charge on any atom is 0.269 e. The number of hydrogen-bond donors (Lipinski definition) is 1. The van der Waals surface area contributed by atoms with Crippen molar-refractivity contribution in [2.45, 2.75) is 13.3 Å². The van der Waals surface area contributed by atoms with Crippen molar-refractivity contribution >= 4 is 11.6 Å². The van der Waals surface area contributed by atoms with Gasteiger partial charge in [-0.3, -0.25) is 4.79 Å². The van der Waals surface area contributed by atoms with Crippen LogP contribution < -0.4 is 5.32 Å². The minimum absolute atomic E-state index is 0.138. The van der Waals surface area contributed by atoms with Crippen LogP contribution in [0.1, 0.15) is 13.3 Å². The van der Waals surface area contributed by atoms with Gasteiger partial charge in [-0.2, -0.15) is 0 Å². The SMILES string of the molecule is CCCNC(=O)C1=NC=COC1. The predicted molar refractivity (Wildman–Crippen MR) is 45.8 cm³/mol. The first kappa shape index (κ1) is 8.77. The van der Waals surface area contributed by atoms with Gasteiger partial charge in [-0.15, -0.1) is 0 Å². The van der Waals surface area contributed by atoms with Crippen molar-refractivity contribution in [2.24, 2.45) is 4.99 Å². The van der Waals surface area contributed by atoms with Gasteiger partial charge in [-0.25, -0.2) is 4.99 Å². The lowest BCUT2D eigenvalue weighted by atomic mass is 10.3. The summed E-state index contributed by atoms with van der Waals surface area (Å²) in [6.07, 6.45) is 3.87. The number of ether oxygens (including phenoxy) is 1. The fraction of sp³-hybridized carbons (Fsp3) is 0.500. The summed E-state index contributed by atoms with van der Waals surface area (Å²) in [4.78, 5) is 15.1. The summed E-state index contributed by atoms with van der Waals surface area (Å²) in [6, 6.07) is 0. The van der Waals surface area contributed by atoms with Gasteiger partial charge in [0, 0.05) is 6.54 Å². The molecule has 0 atom stereocenters. The molecule has 1 rings (SSSR count). The molecular weight excluding hydrogens is 156 g/mol. The van der Waals surface area contributed by atoms with Gasteiger partial charge < -0.3 is 10.1 Å².